The molecule has 1 unspecified atom stereocenters. The first-order chi connectivity index (χ1) is 9.74. The molecule has 1 aromatic rings. The fourth-order valence-corrected chi connectivity index (χ4v) is 2.86. The zero-order valence-electron chi connectivity index (χ0n) is 11.6. The molecule has 1 heterocycles. The molecule has 1 saturated heterocycles. The summed E-state index contributed by atoms with van der Waals surface area (Å²) in [6.45, 7) is 2.48. The lowest BCUT2D eigenvalue weighted by Gasteiger charge is -2.21. The van der Waals surface area contributed by atoms with Crippen LogP contribution in [0.15, 0.2) is 33.7 Å². The van der Waals surface area contributed by atoms with Gasteiger partial charge in [-0.25, -0.2) is 0 Å². The van der Waals surface area contributed by atoms with Crippen LogP contribution in [0.25, 0.3) is 0 Å². The molecule has 0 amide bonds. The SMILES string of the molecule is C#CCNC(=NC)NC1CCN(c2ccccc2Br)C1. The second kappa shape index (κ2) is 7.20. The molecule has 2 rings (SSSR count). The summed E-state index contributed by atoms with van der Waals surface area (Å²) in [7, 11) is 1.76. The van der Waals surface area contributed by atoms with Crippen molar-refractivity contribution in [1.82, 2.24) is 10.6 Å². The highest BCUT2D eigenvalue weighted by Gasteiger charge is 2.24. The summed E-state index contributed by atoms with van der Waals surface area (Å²) < 4.78 is 1.13. The Kier molecular flexibility index (Phi) is 5.31. The van der Waals surface area contributed by atoms with E-state index in [1.54, 1.807) is 7.05 Å². The highest BCUT2D eigenvalue weighted by molar-refractivity contribution is 9.10. The number of aliphatic imine (C=N–C) groups is 1. The van der Waals surface area contributed by atoms with Crippen molar-refractivity contribution in [2.75, 3.05) is 31.6 Å². The summed E-state index contributed by atoms with van der Waals surface area (Å²) in [4.78, 5) is 6.55. The van der Waals surface area contributed by atoms with Crippen molar-refractivity contribution in [1.29, 1.82) is 0 Å². The lowest BCUT2D eigenvalue weighted by atomic mass is 10.3. The monoisotopic (exact) mass is 334 g/mol. The van der Waals surface area contributed by atoms with Gasteiger partial charge in [-0.1, -0.05) is 18.1 Å². The van der Waals surface area contributed by atoms with E-state index in [-0.39, 0.29) is 0 Å². The maximum atomic E-state index is 5.25. The van der Waals surface area contributed by atoms with Gasteiger partial charge < -0.3 is 15.5 Å². The molecule has 1 aliphatic heterocycles. The predicted octanol–water partition coefficient (Wildman–Crippen LogP) is 1.83. The van der Waals surface area contributed by atoms with Crippen LogP contribution in [0.5, 0.6) is 0 Å². The molecular formula is C15H19BrN4. The lowest BCUT2D eigenvalue weighted by Crippen LogP contribution is -2.44. The van der Waals surface area contributed by atoms with E-state index in [1.807, 2.05) is 6.07 Å². The zero-order chi connectivity index (χ0) is 14.4. The predicted molar refractivity (Wildman–Crippen MR) is 88.1 cm³/mol. The van der Waals surface area contributed by atoms with Crippen LogP contribution >= 0.6 is 15.9 Å². The van der Waals surface area contributed by atoms with Crippen LogP contribution in [0.4, 0.5) is 5.69 Å². The molecular weight excluding hydrogens is 316 g/mol. The third-order valence-corrected chi connectivity index (χ3v) is 3.97. The Morgan fingerprint density at radius 1 is 1.55 bits per heavy atom. The molecule has 2 N–H and O–H groups in total. The Hall–Kier alpha value is -1.67. The maximum absolute atomic E-state index is 5.25. The van der Waals surface area contributed by atoms with Crippen LogP contribution in [0.1, 0.15) is 6.42 Å². The molecule has 0 aliphatic carbocycles. The number of guanidine groups is 1. The number of benzene rings is 1. The van der Waals surface area contributed by atoms with Crippen LogP contribution in [0.3, 0.4) is 0 Å². The second-order valence-corrected chi connectivity index (χ2v) is 5.51. The Bertz CT molecular complexity index is 521. The average molecular weight is 335 g/mol. The molecule has 0 aromatic heterocycles. The van der Waals surface area contributed by atoms with Gasteiger partial charge in [0, 0.05) is 30.7 Å². The minimum atomic E-state index is 0.381. The van der Waals surface area contributed by atoms with Crippen LogP contribution in [-0.2, 0) is 0 Å². The van der Waals surface area contributed by atoms with Gasteiger partial charge in [0.1, 0.15) is 0 Å². The standard InChI is InChI=1S/C15H19BrN4/c1-3-9-18-15(17-2)19-12-8-10-20(11-12)14-7-5-4-6-13(14)16/h1,4-7,12H,8-11H2,2H3,(H2,17,18,19). The van der Waals surface area contributed by atoms with E-state index >= 15 is 0 Å². The third kappa shape index (κ3) is 3.67. The molecule has 1 fully saturated rings. The molecule has 5 heteroatoms. The number of terminal acetylenes is 1. The normalized spacial score (nSPS) is 18.8. The summed E-state index contributed by atoms with van der Waals surface area (Å²) in [5.41, 5.74) is 1.24. The van der Waals surface area contributed by atoms with Gasteiger partial charge in [0.2, 0.25) is 0 Å². The first-order valence-electron chi connectivity index (χ1n) is 6.64. The minimum absolute atomic E-state index is 0.381. The van der Waals surface area contributed by atoms with E-state index in [0.29, 0.717) is 12.6 Å². The highest BCUT2D eigenvalue weighted by Crippen LogP contribution is 2.28. The summed E-state index contributed by atoms with van der Waals surface area (Å²) in [6.07, 6.45) is 6.33. The van der Waals surface area contributed by atoms with Gasteiger partial charge in [0.25, 0.3) is 0 Å². The molecule has 106 valence electrons. The molecule has 0 radical (unpaired) electrons. The first kappa shape index (κ1) is 14.7. The molecule has 1 aromatic carbocycles. The molecule has 0 saturated carbocycles. The van der Waals surface area contributed by atoms with Crippen LogP contribution in [0.2, 0.25) is 0 Å². The van der Waals surface area contributed by atoms with Gasteiger partial charge in [-0.2, -0.15) is 0 Å². The number of hydrogen-bond donors (Lipinski definition) is 2. The second-order valence-electron chi connectivity index (χ2n) is 4.66. The largest absolute Gasteiger partial charge is 0.368 e. The van der Waals surface area contributed by atoms with Crippen molar-refractivity contribution in [3.63, 3.8) is 0 Å². The smallest absolute Gasteiger partial charge is 0.192 e. The van der Waals surface area contributed by atoms with Gasteiger partial charge in [-0.3, -0.25) is 4.99 Å². The number of nitrogens with one attached hydrogen (secondary N) is 2. The number of hydrogen-bond acceptors (Lipinski definition) is 2. The third-order valence-electron chi connectivity index (χ3n) is 3.30. The first-order valence-corrected chi connectivity index (χ1v) is 7.44. The Labute approximate surface area is 128 Å². The number of rotatable bonds is 3. The van der Waals surface area contributed by atoms with E-state index in [2.05, 4.69) is 60.6 Å². The van der Waals surface area contributed by atoms with Crippen molar-refractivity contribution in [2.24, 2.45) is 4.99 Å². The van der Waals surface area contributed by atoms with Crippen molar-refractivity contribution in [3.8, 4) is 12.3 Å². The van der Waals surface area contributed by atoms with Crippen molar-refractivity contribution >= 4 is 27.6 Å². The number of para-hydroxylation sites is 1. The number of halogens is 1. The summed E-state index contributed by atoms with van der Waals surface area (Å²) in [5.74, 6) is 3.32. The molecule has 20 heavy (non-hydrogen) atoms. The van der Waals surface area contributed by atoms with Crippen molar-refractivity contribution in [2.45, 2.75) is 12.5 Å². The molecule has 0 bridgehead atoms. The van der Waals surface area contributed by atoms with Crippen molar-refractivity contribution in [3.05, 3.63) is 28.7 Å². The van der Waals surface area contributed by atoms with Crippen LogP contribution in [-0.4, -0.2) is 38.7 Å². The van der Waals surface area contributed by atoms with E-state index in [9.17, 15) is 0 Å². The fraction of sp³-hybridized carbons (Fsp3) is 0.400. The van der Waals surface area contributed by atoms with Gasteiger partial charge in [0.15, 0.2) is 5.96 Å². The summed E-state index contributed by atoms with van der Waals surface area (Å²) in [6, 6.07) is 8.69. The van der Waals surface area contributed by atoms with Gasteiger partial charge in [-0.05, 0) is 34.5 Å². The molecule has 1 atom stereocenters. The summed E-state index contributed by atoms with van der Waals surface area (Å²) >= 11 is 3.60. The van der Waals surface area contributed by atoms with E-state index in [1.165, 1.54) is 5.69 Å². The van der Waals surface area contributed by atoms with E-state index in [0.717, 1.165) is 29.9 Å². The fourth-order valence-electron chi connectivity index (χ4n) is 2.33. The average Bonchev–Trinajstić information content (AvgIpc) is 2.92. The van der Waals surface area contributed by atoms with Crippen LogP contribution in [0, 0.1) is 12.3 Å². The van der Waals surface area contributed by atoms with Gasteiger partial charge >= 0.3 is 0 Å². The zero-order valence-corrected chi connectivity index (χ0v) is 13.2. The number of anilines is 1. The number of nitrogens with zero attached hydrogens (tertiary/aromatic N) is 2. The maximum Gasteiger partial charge on any atom is 0.192 e. The van der Waals surface area contributed by atoms with Crippen molar-refractivity contribution < 1.29 is 0 Å². The topological polar surface area (TPSA) is 39.7 Å². The molecule has 4 nitrogen and oxygen atoms in total. The van der Waals surface area contributed by atoms with Gasteiger partial charge in [0.05, 0.1) is 12.2 Å². The minimum Gasteiger partial charge on any atom is -0.368 e. The van der Waals surface area contributed by atoms with E-state index < -0.39 is 0 Å². The molecule has 0 spiro atoms. The quantitative estimate of drug-likeness (QED) is 0.503. The molecule has 1 aliphatic rings. The Balaban J connectivity index is 1.93. The highest BCUT2D eigenvalue weighted by atomic mass is 79.9. The Morgan fingerprint density at radius 2 is 2.35 bits per heavy atom. The van der Waals surface area contributed by atoms with E-state index in [4.69, 9.17) is 6.42 Å². The Morgan fingerprint density at radius 3 is 3.05 bits per heavy atom. The van der Waals surface area contributed by atoms with Crippen LogP contribution < -0.4 is 15.5 Å². The summed E-state index contributed by atoms with van der Waals surface area (Å²) in [5, 5.41) is 6.49. The lowest BCUT2D eigenvalue weighted by molar-refractivity contribution is 0.654. The van der Waals surface area contributed by atoms with Gasteiger partial charge in [-0.15, -0.1) is 6.42 Å².